The van der Waals surface area contributed by atoms with Crippen LogP contribution in [-0.4, -0.2) is 17.4 Å². The third kappa shape index (κ3) is 2.55. The molecule has 0 spiro atoms. The zero-order valence-corrected chi connectivity index (χ0v) is 11.8. The summed E-state index contributed by atoms with van der Waals surface area (Å²) in [6.45, 7) is 9.93. The standard InChI is InChI=1S/C15H23N2O/c1-11(2)15(18)17-8-6-13-9-16(12(3)4)7-5-14(13)10-17/h5,7,9,11-12H,6,8,10H2,1-4H3/q+1. The van der Waals surface area contributed by atoms with Gasteiger partial charge in [-0.05, 0) is 25.8 Å². The number of hydrogen-bond acceptors (Lipinski definition) is 1. The minimum atomic E-state index is 0.0934. The number of hydrogen-bond donors (Lipinski definition) is 0. The van der Waals surface area contributed by atoms with E-state index in [9.17, 15) is 4.79 Å². The van der Waals surface area contributed by atoms with Crippen molar-refractivity contribution < 1.29 is 9.36 Å². The first kappa shape index (κ1) is 13.1. The summed E-state index contributed by atoms with van der Waals surface area (Å²) < 4.78 is 2.23. The molecule has 0 saturated carbocycles. The van der Waals surface area contributed by atoms with Gasteiger partial charge >= 0.3 is 0 Å². The molecule has 0 atom stereocenters. The number of fused-ring (bicyclic) bond motifs is 1. The van der Waals surface area contributed by atoms with Gasteiger partial charge in [-0.2, -0.15) is 0 Å². The molecule has 2 heterocycles. The number of carbonyl (C=O) groups excluding carboxylic acids is 1. The lowest BCUT2D eigenvalue weighted by molar-refractivity contribution is -0.716. The fourth-order valence-electron chi connectivity index (χ4n) is 2.38. The Bertz CT molecular complexity index is 452. The molecule has 0 fully saturated rings. The molecule has 3 nitrogen and oxygen atoms in total. The molecule has 0 radical (unpaired) electrons. The topological polar surface area (TPSA) is 24.2 Å². The maximum Gasteiger partial charge on any atom is 0.225 e. The van der Waals surface area contributed by atoms with Gasteiger partial charge in [-0.1, -0.05) is 13.8 Å². The van der Waals surface area contributed by atoms with Crippen LogP contribution in [0.2, 0.25) is 0 Å². The predicted molar refractivity (Wildman–Crippen MR) is 71.0 cm³/mol. The quantitative estimate of drug-likeness (QED) is 0.734. The van der Waals surface area contributed by atoms with E-state index in [4.69, 9.17) is 0 Å². The second-order valence-electron chi connectivity index (χ2n) is 5.70. The summed E-state index contributed by atoms with van der Waals surface area (Å²) in [6, 6.07) is 2.65. The van der Waals surface area contributed by atoms with Crippen molar-refractivity contribution in [2.75, 3.05) is 6.54 Å². The molecule has 1 amide bonds. The number of amides is 1. The third-order valence-corrected chi connectivity index (χ3v) is 3.58. The molecule has 18 heavy (non-hydrogen) atoms. The molecule has 1 aliphatic heterocycles. The molecular formula is C15H23N2O+. The normalized spacial score (nSPS) is 15.1. The lowest BCUT2D eigenvalue weighted by Crippen LogP contribution is -2.41. The zero-order chi connectivity index (χ0) is 13.3. The summed E-state index contributed by atoms with van der Waals surface area (Å²) in [5.41, 5.74) is 2.69. The SMILES string of the molecule is CC(C)C(=O)N1CCc2c[n+](C(C)C)ccc2C1. The summed E-state index contributed by atoms with van der Waals surface area (Å²) in [6.07, 6.45) is 5.32. The van der Waals surface area contributed by atoms with Crippen molar-refractivity contribution in [2.24, 2.45) is 5.92 Å². The Hall–Kier alpha value is -1.38. The first-order valence-corrected chi connectivity index (χ1v) is 6.80. The lowest BCUT2D eigenvalue weighted by atomic mass is 10.0. The van der Waals surface area contributed by atoms with E-state index in [1.807, 2.05) is 18.7 Å². The average molecular weight is 247 g/mol. The smallest absolute Gasteiger partial charge is 0.225 e. The molecular weight excluding hydrogens is 224 g/mol. The molecule has 0 bridgehead atoms. The maximum atomic E-state index is 12.0. The minimum absolute atomic E-state index is 0.0934. The lowest BCUT2D eigenvalue weighted by Gasteiger charge is -2.29. The Kier molecular flexibility index (Phi) is 3.69. The number of pyridine rings is 1. The van der Waals surface area contributed by atoms with Crippen molar-refractivity contribution in [3.63, 3.8) is 0 Å². The van der Waals surface area contributed by atoms with Crippen molar-refractivity contribution in [1.82, 2.24) is 4.90 Å². The molecule has 0 N–H and O–H groups in total. The van der Waals surface area contributed by atoms with E-state index < -0.39 is 0 Å². The van der Waals surface area contributed by atoms with E-state index in [-0.39, 0.29) is 11.8 Å². The summed E-state index contributed by atoms with van der Waals surface area (Å²) in [5, 5.41) is 0. The zero-order valence-electron chi connectivity index (χ0n) is 11.8. The monoisotopic (exact) mass is 247 g/mol. The van der Waals surface area contributed by atoms with E-state index in [0.717, 1.165) is 19.5 Å². The Morgan fingerprint density at radius 1 is 1.28 bits per heavy atom. The fraction of sp³-hybridized carbons (Fsp3) is 0.600. The van der Waals surface area contributed by atoms with Crippen LogP contribution < -0.4 is 4.57 Å². The van der Waals surface area contributed by atoms with Crippen LogP contribution >= 0.6 is 0 Å². The van der Waals surface area contributed by atoms with E-state index in [0.29, 0.717) is 6.04 Å². The van der Waals surface area contributed by atoms with Crippen molar-refractivity contribution in [3.8, 4) is 0 Å². The molecule has 1 aliphatic rings. The van der Waals surface area contributed by atoms with Crippen molar-refractivity contribution in [3.05, 3.63) is 29.6 Å². The van der Waals surface area contributed by atoms with E-state index in [1.54, 1.807) is 0 Å². The number of nitrogens with zero attached hydrogens (tertiary/aromatic N) is 2. The fourth-order valence-corrected chi connectivity index (χ4v) is 2.38. The Morgan fingerprint density at radius 3 is 2.61 bits per heavy atom. The summed E-state index contributed by atoms with van der Waals surface area (Å²) in [5.74, 6) is 0.358. The van der Waals surface area contributed by atoms with Crippen LogP contribution in [0, 0.1) is 5.92 Å². The predicted octanol–water partition coefficient (Wildman–Crippen LogP) is 2.10. The third-order valence-electron chi connectivity index (χ3n) is 3.58. The molecule has 1 aromatic rings. The molecule has 0 unspecified atom stereocenters. The van der Waals surface area contributed by atoms with Gasteiger partial charge in [-0.25, -0.2) is 4.57 Å². The van der Waals surface area contributed by atoms with Crippen molar-refractivity contribution >= 4 is 5.91 Å². The van der Waals surface area contributed by atoms with Gasteiger partial charge < -0.3 is 4.90 Å². The molecule has 2 rings (SSSR count). The van der Waals surface area contributed by atoms with Gasteiger partial charge in [0.05, 0.1) is 0 Å². The van der Waals surface area contributed by atoms with Crippen molar-refractivity contribution in [2.45, 2.75) is 46.7 Å². The highest BCUT2D eigenvalue weighted by atomic mass is 16.2. The largest absolute Gasteiger partial charge is 0.338 e. The number of carbonyl (C=O) groups is 1. The van der Waals surface area contributed by atoms with Crippen molar-refractivity contribution in [1.29, 1.82) is 0 Å². The van der Waals surface area contributed by atoms with Crippen LogP contribution in [0.3, 0.4) is 0 Å². The Labute approximate surface area is 109 Å². The van der Waals surface area contributed by atoms with Gasteiger partial charge in [-0.15, -0.1) is 0 Å². The second kappa shape index (κ2) is 5.09. The van der Waals surface area contributed by atoms with Crippen LogP contribution in [0.4, 0.5) is 0 Å². The summed E-state index contributed by atoms with van der Waals surface area (Å²) in [4.78, 5) is 14.0. The van der Waals surface area contributed by atoms with E-state index >= 15 is 0 Å². The number of aromatic nitrogens is 1. The van der Waals surface area contributed by atoms with Gasteiger partial charge in [0, 0.05) is 30.6 Å². The second-order valence-corrected chi connectivity index (χ2v) is 5.70. The first-order valence-electron chi connectivity index (χ1n) is 6.80. The van der Waals surface area contributed by atoms with Gasteiger partial charge in [0.1, 0.15) is 0 Å². The van der Waals surface area contributed by atoms with E-state index in [2.05, 4.69) is 36.9 Å². The summed E-state index contributed by atoms with van der Waals surface area (Å²) >= 11 is 0. The number of rotatable bonds is 2. The molecule has 1 aromatic heterocycles. The molecule has 0 aliphatic carbocycles. The average Bonchev–Trinajstić information content (AvgIpc) is 2.36. The Morgan fingerprint density at radius 2 is 2.00 bits per heavy atom. The molecule has 0 aromatic carbocycles. The highest BCUT2D eigenvalue weighted by Crippen LogP contribution is 2.19. The Balaban J connectivity index is 2.18. The maximum absolute atomic E-state index is 12.0. The van der Waals surface area contributed by atoms with Gasteiger partial charge in [0.25, 0.3) is 0 Å². The van der Waals surface area contributed by atoms with Gasteiger partial charge in [0.15, 0.2) is 18.4 Å². The molecule has 3 heteroatoms. The van der Waals surface area contributed by atoms with Crippen LogP contribution in [0.25, 0.3) is 0 Å². The summed E-state index contributed by atoms with van der Waals surface area (Å²) in [7, 11) is 0. The van der Waals surface area contributed by atoms with E-state index in [1.165, 1.54) is 11.1 Å². The van der Waals surface area contributed by atoms with Crippen LogP contribution in [-0.2, 0) is 17.8 Å². The highest BCUT2D eigenvalue weighted by molar-refractivity contribution is 5.78. The van der Waals surface area contributed by atoms with Gasteiger partial charge in [-0.3, -0.25) is 4.79 Å². The molecule has 98 valence electrons. The minimum Gasteiger partial charge on any atom is -0.338 e. The first-order chi connectivity index (χ1) is 8.49. The van der Waals surface area contributed by atoms with Crippen LogP contribution in [0.5, 0.6) is 0 Å². The van der Waals surface area contributed by atoms with Gasteiger partial charge in [0.2, 0.25) is 5.91 Å². The van der Waals surface area contributed by atoms with Crippen LogP contribution in [0.15, 0.2) is 18.5 Å². The highest BCUT2D eigenvalue weighted by Gasteiger charge is 2.24. The van der Waals surface area contributed by atoms with Crippen LogP contribution in [0.1, 0.15) is 44.9 Å². The molecule has 0 saturated heterocycles.